The number of ether oxygens (including phenoxy) is 2. The Balaban J connectivity index is 1.65. The van der Waals surface area contributed by atoms with Crippen molar-refractivity contribution in [2.24, 2.45) is 0 Å². The summed E-state index contributed by atoms with van der Waals surface area (Å²) in [5, 5.41) is 2.90. The highest BCUT2D eigenvalue weighted by Gasteiger charge is 2.17. The van der Waals surface area contributed by atoms with E-state index in [1.54, 1.807) is 0 Å². The number of thiocarbonyl (C=S) groups is 1. The molecule has 1 aliphatic rings. The topological polar surface area (TPSA) is 50.8 Å². The molecule has 0 saturated carbocycles. The van der Waals surface area contributed by atoms with Gasteiger partial charge in [-0.25, -0.2) is 0 Å². The van der Waals surface area contributed by atoms with Gasteiger partial charge in [-0.15, -0.1) is 0 Å². The van der Waals surface area contributed by atoms with Crippen LogP contribution in [0.3, 0.4) is 0 Å². The molecule has 160 valence electrons. The summed E-state index contributed by atoms with van der Waals surface area (Å²) in [6.07, 6.45) is 3.62. The number of amides is 1. The Hall–Kier alpha value is -2.60. The van der Waals surface area contributed by atoms with Crippen molar-refractivity contribution in [3.8, 4) is 11.5 Å². The first-order valence-corrected chi connectivity index (χ1v) is 10.9. The van der Waals surface area contributed by atoms with Crippen molar-refractivity contribution in [3.05, 3.63) is 53.1 Å². The summed E-state index contributed by atoms with van der Waals surface area (Å²) >= 11 is 5.69. The third kappa shape index (κ3) is 5.72. The molecule has 5 nitrogen and oxygen atoms in total. The minimum absolute atomic E-state index is 0.0939. The Morgan fingerprint density at radius 3 is 2.50 bits per heavy atom. The van der Waals surface area contributed by atoms with Crippen molar-refractivity contribution in [1.82, 2.24) is 4.90 Å². The number of carbonyl (C=O) groups excluding carboxylic acids is 1. The molecule has 0 atom stereocenters. The van der Waals surface area contributed by atoms with E-state index in [0.717, 1.165) is 40.5 Å². The maximum Gasteiger partial charge on any atom is 0.262 e. The van der Waals surface area contributed by atoms with E-state index in [9.17, 15) is 4.79 Å². The molecule has 2 aromatic rings. The summed E-state index contributed by atoms with van der Waals surface area (Å²) in [5.41, 5.74) is 3.92. The van der Waals surface area contributed by atoms with Crippen LogP contribution in [0, 0.1) is 13.8 Å². The van der Waals surface area contributed by atoms with Crippen LogP contribution in [0.5, 0.6) is 11.5 Å². The first kappa shape index (κ1) is 22.1. The molecule has 0 spiro atoms. The lowest BCUT2D eigenvalue weighted by Crippen LogP contribution is -2.34. The molecule has 30 heavy (non-hydrogen) atoms. The standard InChI is InChI=1S/C24H30N2O3S/c1-4-28-22-15-19(24(30)26-12-6-5-7-13-26)9-11-21(22)29-16-23(27)25-20-10-8-17(2)14-18(20)3/h8-11,14-15H,4-7,12-13,16H2,1-3H3,(H,25,27). The summed E-state index contributed by atoms with van der Waals surface area (Å²) in [4.78, 5) is 15.5. The largest absolute Gasteiger partial charge is 0.490 e. The van der Waals surface area contributed by atoms with Crippen LogP contribution in [0.4, 0.5) is 5.69 Å². The molecule has 0 bridgehead atoms. The number of benzene rings is 2. The quantitative estimate of drug-likeness (QED) is 0.640. The molecule has 0 aliphatic carbocycles. The molecule has 1 N–H and O–H groups in total. The predicted molar refractivity (Wildman–Crippen MR) is 125 cm³/mol. The van der Waals surface area contributed by atoms with Gasteiger partial charge in [0.2, 0.25) is 0 Å². The molecule has 3 rings (SSSR count). The number of likely N-dealkylation sites (tertiary alicyclic amines) is 1. The van der Waals surface area contributed by atoms with Gasteiger partial charge in [0.15, 0.2) is 18.1 Å². The van der Waals surface area contributed by atoms with Crippen LogP contribution in [0.2, 0.25) is 0 Å². The van der Waals surface area contributed by atoms with Gasteiger partial charge in [0.25, 0.3) is 5.91 Å². The van der Waals surface area contributed by atoms with E-state index in [0.29, 0.717) is 18.1 Å². The van der Waals surface area contributed by atoms with Crippen molar-refractivity contribution in [2.45, 2.75) is 40.0 Å². The summed E-state index contributed by atoms with van der Waals surface area (Å²) < 4.78 is 11.5. The lowest BCUT2D eigenvalue weighted by atomic mass is 10.1. The van der Waals surface area contributed by atoms with Crippen LogP contribution in [-0.4, -0.2) is 42.1 Å². The third-order valence-corrected chi connectivity index (χ3v) is 5.64. The molecule has 2 aromatic carbocycles. The van der Waals surface area contributed by atoms with E-state index in [-0.39, 0.29) is 12.5 Å². The van der Waals surface area contributed by atoms with E-state index in [2.05, 4.69) is 10.2 Å². The number of nitrogens with one attached hydrogen (secondary N) is 1. The maximum absolute atomic E-state index is 12.4. The number of nitrogens with zero attached hydrogens (tertiary/aromatic N) is 1. The minimum Gasteiger partial charge on any atom is -0.490 e. The Morgan fingerprint density at radius 1 is 1.03 bits per heavy atom. The zero-order valence-electron chi connectivity index (χ0n) is 18.0. The Morgan fingerprint density at radius 2 is 1.80 bits per heavy atom. The van der Waals surface area contributed by atoms with Crippen LogP contribution in [0.25, 0.3) is 0 Å². The van der Waals surface area contributed by atoms with Crippen LogP contribution < -0.4 is 14.8 Å². The number of anilines is 1. The minimum atomic E-state index is -0.211. The van der Waals surface area contributed by atoms with Crippen LogP contribution in [0.1, 0.15) is 42.9 Å². The molecule has 0 unspecified atom stereocenters. The van der Waals surface area contributed by atoms with E-state index < -0.39 is 0 Å². The van der Waals surface area contributed by atoms with Gasteiger partial charge in [0.05, 0.1) is 6.61 Å². The van der Waals surface area contributed by atoms with Crippen molar-refractivity contribution in [2.75, 3.05) is 31.6 Å². The van der Waals surface area contributed by atoms with Crippen LogP contribution in [0.15, 0.2) is 36.4 Å². The summed E-state index contributed by atoms with van der Waals surface area (Å²) in [6, 6.07) is 11.6. The lowest BCUT2D eigenvalue weighted by molar-refractivity contribution is -0.118. The van der Waals surface area contributed by atoms with Gasteiger partial charge in [-0.2, -0.15) is 0 Å². The fraction of sp³-hybridized carbons (Fsp3) is 0.417. The van der Waals surface area contributed by atoms with E-state index in [1.165, 1.54) is 19.3 Å². The van der Waals surface area contributed by atoms with Crippen LogP contribution >= 0.6 is 12.2 Å². The predicted octanol–water partition coefficient (Wildman–Crippen LogP) is 4.88. The Bertz CT molecular complexity index is 907. The summed E-state index contributed by atoms with van der Waals surface area (Å²) in [7, 11) is 0. The van der Waals surface area contributed by atoms with Gasteiger partial charge in [0.1, 0.15) is 4.99 Å². The van der Waals surface area contributed by atoms with Gasteiger partial charge >= 0.3 is 0 Å². The number of hydrogen-bond donors (Lipinski definition) is 1. The molecule has 1 fully saturated rings. The monoisotopic (exact) mass is 426 g/mol. The fourth-order valence-corrected chi connectivity index (χ4v) is 3.90. The highest BCUT2D eigenvalue weighted by Crippen LogP contribution is 2.30. The molecular weight excluding hydrogens is 396 g/mol. The van der Waals surface area contributed by atoms with Gasteiger partial charge in [-0.1, -0.05) is 29.9 Å². The summed E-state index contributed by atoms with van der Waals surface area (Å²) in [6.45, 7) is 8.33. The summed E-state index contributed by atoms with van der Waals surface area (Å²) in [5.74, 6) is 0.934. The van der Waals surface area contributed by atoms with E-state index >= 15 is 0 Å². The van der Waals surface area contributed by atoms with Gasteiger partial charge < -0.3 is 19.7 Å². The molecule has 1 aliphatic heterocycles. The number of piperidine rings is 1. The first-order valence-electron chi connectivity index (χ1n) is 10.5. The number of aryl methyl sites for hydroxylation is 2. The molecule has 1 saturated heterocycles. The third-order valence-electron chi connectivity index (χ3n) is 5.15. The molecule has 0 radical (unpaired) electrons. The molecular formula is C24H30N2O3S. The molecule has 1 amide bonds. The number of hydrogen-bond acceptors (Lipinski definition) is 4. The van der Waals surface area contributed by atoms with Crippen molar-refractivity contribution >= 4 is 28.8 Å². The molecule has 6 heteroatoms. The smallest absolute Gasteiger partial charge is 0.262 e. The first-order chi connectivity index (χ1) is 14.5. The SMILES string of the molecule is CCOc1cc(C(=S)N2CCCCC2)ccc1OCC(=O)Nc1ccc(C)cc1C. The zero-order valence-corrected chi connectivity index (χ0v) is 18.8. The van der Waals surface area contributed by atoms with Crippen molar-refractivity contribution in [1.29, 1.82) is 0 Å². The lowest BCUT2D eigenvalue weighted by Gasteiger charge is -2.29. The second-order valence-electron chi connectivity index (χ2n) is 7.60. The maximum atomic E-state index is 12.4. The van der Waals surface area contributed by atoms with E-state index in [4.69, 9.17) is 21.7 Å². The van der Waals surface area contributed by atoms with Crippen molar-refractivity contribution in [3.63, 3.8) is 0 Å². The van der Waals surface area contributed by atoms with Gasteiger partial charge in [-0.3, -0.25) is 4.79 Å². The molecule has 0 aromatic heterocycles. The van der Waals surface area contributed by atoms with Crippen LogP contribution in [-0.2, 0) is 4.79 Å². The Labute approximate surface area is 184 Å². The molecule has 1 heterocycles. The van der Waals surface area contributed by atoms with Crippen molar-refractivity contribution < 1.29 is 14.3 Å². The highest BCUT2D eigenvalue weighted by atomic mass is 32.1. The Kier molecular flexibility index (Phi) is 7.69. The number of rotatable bonds is 7. The second kappa shape index (κ2) is 10.4. The zero-order chi connectivity index (χ0) is 21.5. The highest BCUT2D eigenvalue weighted by molar-refractivity contribution is 7.80. The normalized spacial score (nSPS) is 13.6. The van der Waals surface area contributed by atoms with Gasteiger partial charge in [-0.05, 0) is 69.9 Å². The fourth-order valence-electron chi connectivity index (χ4n) is 3.59. The number of carbonyl (C=O) groups is 1. The second-order valence-corrected chi connectivity index (χ2v) is 7.99. The van der Waals surface area contributed by atoms with Gasteiger partial charge in [0, 0.05) is 24.3 Å². The average Bonchev–Trinajstić information content (AvgIpc) is 2.75. The van der Waals surface area contributed by atoms with E-state index in [1.807, 2.05) is 57.2 Å². The average molecular weight is 427 g/mol.